The van der Waals surface area contributed by atoms with Crippen LogP contribution >= 0.6 is 0 Å². The molecule has 77 heavy (non-hydrogen) atoms. The Balaban J connectivity index is 1.69. The van der Waals surface area contributed by atoms with Gasteiger partial charge in [-0.3, -0.25) is 4.79 Å². The molecule has 0 aromatic rings. The molecule has 14 heteroatoms. The van der Waals surface area contributed by atoms with Gasteiger partial charge in [-0.05, 0) is 77.0 Å². The fraction of sp³-hybridized carbons (Fsp3) is 0.857. The van der Waals surface area contributed by atoms with Crippen LogP contribution in [0.5, 0.6) is 0 Å². The maximum absolute atomic E-state index is 13.1. The molecule has 11 unspecified atom stereocenters. The molecule has 0 aromatic carbocycles. The molecule has 2 aliphatic heterocycles. The van der Waals surface area contributed by atoms with Gasteiger partial charge in [0.1, 0.15) is 54.9 Å². The number of carbonyl (C=O) groups excluding carboxylic acids is 1. The normalized spacial score (nSPS) is 24.6. The molecule has 450 valence electrons. The SMILES string of the molecule is CCCCC/C=C\C/C=C\CCCCCCCCCCCCOCC(COC1OC(COC2OC(CO)C(O)C(O)C2O)C(O)C(O)C1O)OC(=O)CCCCCCCCCCCCC/C=C\C/C=C\CCCCCCC. The van der Waals surface area contributed by atoms with Gasteiger partial charge in [0.15, 0.2) is 12.6 Å². The first-order chi connectivity index (χ1) is 37.6. The predicted molar refractivity (Wildman–Crippen MR) is 307 cm³/mol. The summed E-state index contributed by atoms with van der Waals surface area (Å²) in [6, 6.07) is 0. The summed E-state index contributed by atoms with van der Waals surface area (Å²) in [5, 5.41) is 72.4. The lowest BCUT2D eigenvalue weighted by Gasteiger charge is -2.42. The average Bonchev–Trinajstić information content (AvgIpc) is 3.43. The Bertz CT molecular complexity index is 1460. The van der Waals surface area contributed by atoms with Gasteiger partial charge in [0, 0.05) is 13.0 Å². The minimum absolute atomic E-state index is 0.0591. The highest BCUT2D eigenvalue weighted by atomic mass is 16.7. The van der Waals surface area contributed by atoms with E-state index in [0.717, 1.165) is 51.4 Å². The van der Waals surface area contributed by atoms with Crippen molar-refractivity contribution in [2.75, 3.05) is 33.0 Å². The maximum Gasteiger partial charge on any atom is 0.306 e. The number of unbranched alkanes of at least 4 members (excludes halogenated alkanes) is 29. The van der Waals surface area contributed by atoms with Crippen LogP contribution in [0.4, 0.5) is 0 Å². The summed E-state index contributed by atoms with van der Waals surface area (Å²) in [6.07, 6.45) is 44.5. The minimum atomic E-state index is -1.71. The van der Waals surface area contributed by atoms with Crippen LogP contribution in [0.3, 0.4) is 0 Å². The molecule has 2 aliphatic rings. The zero-order valence-corrected chi connectivity index (χ0v) is 48.4. The van der Waals surface area contributed by atoms with Gasteiger partial charge in [0.2, 0.25) is 0 Å². The molecular formula is C63H114O14. The number of aliphatic hydroxyl groups excluding tert-OH is 7. The highest BCUT2D eigenvalue weighted by Gasteiger charge is 2.47. The van der Waals surface area contributed by atoms with Crippen molar-refractivity contribution in [3.8, 4) is 0 Å². The fourth-order valence-electron chi connectivity index (χ4n) is 9.76. The molecule has 2 rings (SSSR count). The van der Waals surface area contributed by atoms with Crippen molar-refractivity contribution in [3.63, 3.8) is 0 Å². The van der Waals surface area contributed by atoms with Gasteiger partial charge in [0.25, 0.3) is 0 Å². The van der Waals surface area contributed by atoms with Gasteiger partial charge >= 0.3 is 5.97 Å². The third-order valence-corrected chi connectivity index (χ3v) is 14.8. The largest absolute Gasteiger partial charge is 0.457 e. The molecule has 0 aliphatic carbocycles. The smallest absolute Gasteiger partial charge is 0.306 e. The number of carbonyl (C=O) groups is 1. The zero-order valence-electron chi connectivity index (χ0n) is 48.4. The Morgan fingerprint density at radius 2 is 0.805 bits per heavy atom. The summed E-state index contributed by atoms with van der Waals surface area (Å²) >= 11 is 0. The molecule has 2 heterocycles. The van der Waals surface area contributed by atoms with Gasteiger partial charge in [0.05, 0.1) is 26.4 Å². The summed E-state index contributed by atoms with van der Waals surface area (Å²) in [6.45, 7) is 3.68. The molecule has 2 fully saturated rings. The minimum Gasteiger partial charge on any atom is -0.457 e. The molecule has 0 spiro atoms. The Labute approximate surface area is 467 Å². The van der Waals surface area contributed by atoms with Crippen molar-refractivity contribution >= 4 is 5.97 Å². The van der Waals surface area contributed by atoms with Crippen LogP contribution in [-0.4, -0.2) is 142 Å². The average molecular weight is 1100 g/mol. The van der Waals surface area contributed by atoms with Crippen LogP contribution in [-0.2, 0) is 33.2 Å². The quantitative estimate of drug-likeness (QED) is 0.0172. The predicted octanol–water partition coefficient (Wildman–Crippen LogP) is 11.9. The number of allylic oxidation sites excluding steroid dienone is 8. The summed E-state index contributed by atoms with van der Waals surface area (Å²) in [7, 11) is 0. The van der Waals surface area contributed by atoms with Gasteiger partial charge < -0.3 is 64.2 Å². The van der Waals surface area contributed by atoms with Gasteiger partial charge in [-0.2, -0.15) is 0 Å². The molecule has 0 aromatic heterocycles. The van der Waals surface area contributed by atoms with Gasteiger partial charge in [-0.15, -0.1) is 0 Å². The van der Waals surface area contributed by atoms with Crippen molar-refractivity contribution in [2.24, 2.45) is 0 Å². The second-order valence-corrected chi connectivity index (χ2v) is 21.9. The molecule has 2 saturated heterocycles. The van der Waals surface area contributed by atoms with E-state index in [4.69, 9.17) is 28.4 Å². The number of hydrogen-bond donors (Lipinski definition) is 7. The fourth-order valence-corrected chi connectivity index (χ4v) is 9.76. The number of esters is 1. The summed E-state index contributed by atoms with van der Waals surface area (Å²) in [4.78, 5) is 13.1. The van der Waals surface area contributed by atoms with E-state index < -0.39 is 80.7 Å². The highest BCUT2D eigenvalue weighted by Crippen LogP contribution is 2.27. The topological polar surface area (TPSA) is 214 Å². The molecule has 14 nitrogen and oxygen atoms in total. The number of ether oxygens (including phenoxy) is 6. The molecular weight excluding hydrogens is 981 g/mol. The molecule has 0 amide bonds. The second-order valence-electron chi connectivity index (χ2n) is 21.9. The van der Waals surface area contributed by atoms with E-state index in [0.29, 0.717) is 13.0 Å². The first kappa shape index (κ1) is 71.1. The Morgan fingerprint density at radius 1 is 0.429 bits per heavy atom. The number of aliphatic hydroxyl groups is 7. The third-order valence-electron chi connectivity index (χ3n) is 14.8. The lowest BCUT2D eigenvalue weighted by atomic mass is 9.98. The van der Waals surface area contributed by atoms with Crippen molar-refractivity contribution in [1.29, 1.82) is 0 Å². The van der Waals surface area contributed by atoms with E-state index in [1.165, 1.54) is 167 Å². The molecule has 0 bridgehead atoms. The molecule has 7 N–H and O–H groups in total. The molecule has 0 saturated carbocycles. The Kier molecular flexibility index (Phi) is 45.9. The van der Waals surface area contributed by atoms with Crippen LogP contribution in [0, 0.1) is 0 Å². The van der Waals surface area contributed by atoms with Crippen LogP contribution in [0.2, 0.25) is 0 Å². The molecule has 0 radical (unpaired) electrons. The zero-order chi connectivity index (χ0) is 55.8. The van der Waals surface area contributed by atoms with Gasteiger partial charge in [-0.1, -0.05) is 210 Å². The first-order valence-corrected chi connectivity index (χ1v) is 31.2. The maximum atomic E-state index is 13.1. The van der Waals surface area contributed by atoms with E-state index >= 15 is 0 Å². The van der Waals surface area contributed by atoms with Crippen molar-refractivity contribution in [1.82, 2.24) is 0 Å². The van der Waals surface area contributed by atoms with Crippen LogP contribution < -0.4 is 0 Å². The van der Waals surface area contributed by atoms with Crippen molar-refractivity contribution in [2.45, 2.75) is 313 Å². The van der Waals surface area contributed by atoms with E-state index in [2.05, 4.69) is 62.5 Å². The highest BCUT2D eigenvalue weighted by molar-refractivity contribution is 5.69. The lowest BCUT2D eigenvalue weighted by molar-refractivity contribution is -0.332. The van der Waals surface area contributed by atoms with Crippen molar-refractivity contribution < 1.29 is 69.0 Å². The number of rotatable bonds is 51. The van der Waals surface area contributed by atoms with Crippen molar-refractivity contribution in [3.05, 3.63) is 48.6 Å². The van der Waals surface area contributed by atoms with E-state index in [9.17, 15) is 40.5 Å². The summed E-state index contributed by atoms with van der Waals surface area (Å²) < 4.78 is 34.5. The standard InChI is InChI=1S/C63H114O14/c1-3-5-7-9-11-13-15-17-19-21-23-25-26-27-28-30-32-34-36-38-40-42-44-46-55(65)75-52(49-72-47-45-43-41-39-37-35-33-31-29-24-22-20-18-16-14-12-10-8-6-4-2)50-73-62-61(71)59(69)57(67)54(77-62)51-74-63-60(70)58(68)56(66)53(48-64)76-63/h12,14-15,17-18,20-21,23,52-54,56-64,66-71H,3-11,13,16,19,22,24-51H2,1-2H3/b14-12-,17-15-,20-18-,23-21-. The van der Waals surface area contributed by atoms with Crippen LogP contribution in [0.15, 0.2) is 48.6 Å². The van der Waals surface area contributed by atoms with Gasteiger partial charge in [-0.25, -0.2) is 0 Å². The molecule has 11 atom stereocenters. The third kappa shape index (κ3) is 36.1. The monoisotopic (exact) mass is 1090 g/mol. The van der Waals surface area contributed by atoms with E-state index in [1.54, 1.807) is 0 Å². The summed E-state index contributed by atoms with van der Waals surface area (Å²) in [5.74, 6) is -0.377. The summed E-state index contributed by atoms with van der Waals surface area (Å²) in [5.41, 5.74) is 0. The van der Waals surface area contributed by atoms with Crippen LogP contribution in [0.1, 0.15) is 245 Å². The number of hydrogen-bond acceptors (Lipinski definition) is 14. The lowest BCUT2D eigenvalue weighted by Crippen LogP contribution is -2.61. The van der Waals surface area contributed by atoms with Crippen LogP contribution in [0.25, 0.3) is 0 Å². The van der Waals surface area contributed by atoms with E-state index in [-0.39, 0.29) is 25.6 Å². The second kappa shape index (κ2) is 49.7. The van der Waals surface area contributed by atoms with E-state index in [1.807, 2.05) is 0 Å². The first-order valence-electron chi connectivity index (χ1n) is 31.2. The Hall–Kier alpha value is -2.05. The Morgan fingerprint density at radius 3 is 1.27 bits per heavy atom.